The van der Waals surface area contributed by atoms with Crippen molar-refractivity contribution < 1.29 is 14.7 Å². The second kappa shape index (κ2) is 7.32. The van der Waals surface area contributed by atoms with Crippen LogP contribution in [0.2, 0.25) is 0 Å². The molecule has 1 amide bonds. The van der Waals surface area contributed by atoms with Gasteiger partial charge in [0, 0.05) is 5.69 Å². The lowest BCUT2D eigenvalue weighted by Gasteiger charge is -2.07. The van der Waals surface area contributed by atoms with Crippen LogP contribution in [0.4, 0.5) is 5.69 Å². The Morgan fingerprint density at radius 3 is 2.35 bits per heavy atom. The minimum absolute atomic E-state index is 0.00908. The molecular weight excluding hydrogens is 328 g/mol. The first-order valence-corrected chi connectivity index (χ1v) is 7.81. The maximum atomic E-state index is 12.4. The summed E-state index contributed by atoms with van der Waals surface area (Å²) in [6, 6.07) is 20.8. The van der Waals surface area contributed by atoms with Crippen LogP contribution < -0.4 is 10.4 Å². The van der Waals surface area contributed by atoms with Gasteiger partial charge >= 0.3 is 0 Å². The fourth-order valence-corrected chi connectivity index (χ4v) is 2.57. The van der Waals surface area contributed by atoms with Gasteiger partial charge in [0.25, 0.3) is 5.91 Å². The van der Waals surface area contributed by atoms with Gasteiger partial charge in [-0.3, -0.25) is 4.79 Å². The van der Waals surface area contributed by atoms with Crippen molar-refractivity contribution in [3.05, 3.63) is 83.4 Å². The third-order valence-corrected chi connectivity index (χ3v) is 3.87. The Hall–Kier alpha value is -3.91. The molecule has 0 aliphatic carbocycles. The molecule has 3 aromatic carbocycles. The molecule has 0 heterocycles. The summed E-state index contributed by atoms with van der Waals surface area (Å²) < 4.78 is 0. The molecule has 0 aromatic heterocycles. The number of hydrogen-bond acceptors (Lipinski definition) is 4. The maximum Gasteiger partial charge on any atom is 0.266 e. The molecule has 0 unspecified atom stereocenters. The van der Waals surface area contributed by atoms with E-state index < -0.39 is 11.9 Å². The number of amides is 1. The second-order valence-electron chi connectivity index (χ2n) is 5.56. The zero-order chi connectivity index (χ0) is 18.5. The summed E-state index contributed by atoms with van der Waals surface area (Å²) in [4.78, 5) is 23.1. The highest BCUT2D eigenvalue weighted by Gasteiger charge is 2.10. The molecule has 126 valence electrons. The Bertz CT molecular complexity index is 1060. The van der Waals surface area contributed by atoms with E-state index in [2.05, 4.69) is 5.32 Å². The predicted molar refractivity (Wildman–Crippen MR) is 96.9 cm³/mol. The summed E-state index contributed by atoms with van der Waals surface area (Å²) in [5.74, 6) is -1.86. The van der Waals surface area contributed by atoms with Crippen molar-refractivity contribution >= 4 is 34.4 Å². The summed E-state index contributed by atoms with van der Waals surface area (Å²) in [7, 11) is 0. The van der Waals surface area contributed by atoms with Crippen LogP contribution in [-0.2, 0) is 4.79 Å². The molecule has 0 aliphatic heterocycles. The number of carboxylic acids is 1. The van der Waals surface area contributed by atoms with Crippen molar-refractivity contribution in [2.24, 2.45) is 0 Å². The number of fused-ring (bicyclic) bond motifs is 1. The average Bonchev–Trinajstić information content (AvgIpc) is 2.66. The summed E-state index contributed by atoms with van der Waals surface area (Å²) >= 11 is 0. The average molecular weight is 341 g/mol. The first-order chi connectivity index (χ1) is 12.6. The Morgan fingerprint density at radius 1 is 0.962 bits per heavy atom. The number of nitrogens with zero attached hydrogens (tertiary/aromatic N) is 1. The molecule has 0 radical (unpaired) electrons. The highest BCUT2D eigenvalue weighted by atomic mass is 16.4. The van der Waals surface area contributed by atoms with Gasteiger partial charge in [-0.05, 0) is 40.1 Å². The lowest BCUT2D eigenvalue weighted by molar-refractivity contribution is -0.255. The van der Waals surface area contributed by atoms with E-state index in [0.717, 1.165) is 16.3 Å². The zero-order valence-corrected chi connectivity index (χ0v) is 13.6. The standard InChI is InChI=1S/C21H14N2O3/c22-13-17(12-16-6-3-5-14-4-1-2-7-19(14)16)20(24)23-18-10-8-15(9-11-18)21(25)26/h1-12H,(H,23,24)(H,25,26)/p-1/b17-12+. The normalized spacial score (nSPS) is 11.0. The number of benzene rings is 3. The number of carboxylic acid groups (broad SMARTS) is 1. The molecule has 0 atom stereocenters. The molecule has 3 aromatic rings. The highest BCUT2D eigenvalue weighted by Crippen LogP contribution is 2.21. The van der Waals surface area contributed by atoms with Gasteiger partial charge in [-0.2, -0.15) is 5.26 Å². The van der Waals surface area contributed by atoms with Crippen LogP contribution >= 0.6 is 0 Å². The van der Waals surface area contributed by atoms with Crippen molar-refractivity contribution in [2.45, 2.75) is 0 Å². The van der Waals surface area contributed by atoms with Crippen LogP contribution in [-0.4, -0.2) is 11.9 Å². The first kappa shape index (κ1) is 16.9. The topological polar surface area (TPSA) is 93.0 Å². The van der Waals surface area contributed by atoms with Crippen molar-refractivity contribution in [3.63, 3.8) is 0 Å². The van der Waals surface area contributed by atoms with Crippen LogP contribution in [0.1, 0.15) is 15.9 Å². The summed E-state index contributed by atoms with van der Waals surface area (Å²) in [6.07, 6.45) is 1.53. The van der Waals surface area contributed by atoms with E-state index >= 15 is 0 Å². The summed E-state index contributed by atoms with van der Waals surface area (Å²) in [6.45, 7) is 0. The number of nitrogens with one attached hydrogen (secondary N) is 1. The van der Waals surface area contributed by atoms with Gasteiger partial charge < -0.3 is 15.2 Å². The van der Waals surface area contributed by atoms with E-state index in [1.165, 1.54) is 30.3 Å². The third-order valence-electron chi connectivity index (χ3n) is 3.87. The SMILES string of the molecule is N#C/C(=C\c1cccc2ccccc12)C(=O)Nc1ccc(C(=O)[O-])cc1. The van der Waals surface area contributed by atoms with Crippen LogP contribution in [0.25, 0.3) is 16.8 Å². The van der Waals surface area contributed by atoms with Crippen LogP contribution in [0.5, 0.6) is 0 Å². The monoisotopic (exact) mass is 341 g/mol. The number of aromatic carboxylic acids is 1. The predicted octanol–water partition coefficient (Wildman–Crippen LogP) is 2.75. The Morgan fingerprint density at radius 2 is 1.65 bits per heavy atom. The Kier molecular flexibility index (Phi) is 4.77. The van der Waals surface area contributed by atoms with E-state index in [1.54, 1.807) is 0 Å². The zero-order valence-electron chi connectivity index (χ0n) is 13.6. The molecule has 0 spiro atoms. The number of carbonyl (C=O) groups excluding carboxylic acids is 2. The molecule has 0 saturated carbocycles. The number of hydrogen-bond donors (Lipinski definition) is 1. The lowest BCUT2D eigenvalue weighted by Crippen LogP contribution is -2.22. The van der Waals surface area contributed by atoms with Gasteiger partial charge in [-0.1, -0.05) is 54.6 Å². The molecule has 0 bridgehead atoms. The minimum atomic E-state index is -1.29. The van der Waals surface area contributed by atoms with Gasteiger partial charge in [0.05, 0.1) is 5.97 Å². The van der Waals surface area contributed by atoms with Crippen molar-refractivity contribution in [1.82, 2.24) is 0 Å². The molecule has 0 saturated heterocycles. The fraction of sp³-hybridized carbons (Fsp3) is 0. The van der Waals surface area contributed by atoms with Gasteiger partial charge in [0.2, 0.25) is 0 Å². The van der Waals surface area contributed by atoms with Crippen molar-refractivity contribution in [2.75, 3.05) is 5.32 Å². The van der Waals surface area contributed by atoms with E-state index in [-0.39, 0.29) is 11.1 Å². The number of rotatable bonds is 4. The molecule has 0 aliphatic rings. The highest BCUT2D eigenvalue weighted by molar-refractivity contribution is 6.10. The second-order valence-corrected chi connectivity index (χ2v) is 5.56. The molecule has 5 nitrogen and oxygen atoms in total. The number of nitriles is 1. The molecule has 3 rings (SSSR count). The van der Waals surface area contributed by atoms with Gasteiger partial charge in [0.15, 0.2) is 0 Å². The van der Waals surface area contributed by atoms with Gasteiger partial charge in [-0.25, -0.2) is 0 Å². The van der Waals surface area contributed by atoms with Crippen LogP contribution in [0, 0.1) is 11.3 Å². The van der Waals surface area contributed by atoms with E-state index in [9.17, 15) is 20.0 Å². The molecular formula is C21H13N2O3-. The first-order valence-electron chi connectivity index (χ1n) is 7.81. The number of anilines is 1. The molecule has 1 N–H and O–H groups in total. The fourth-order valence-electron chi connectivity index (χ4n) is 2.57. The Balaban J connectivity index is 1.88. The lowest BCUT2D eigenvalue weighted by atomic mass is 10.0. The van der Waals surface area contributed by atoms with E-state index in [1.807, 2.05) is 48.5 Å². The third kappa shape index (κ3) is 3.60. The van der Waals surface area contributed by atoms with E-state index in [4.69, 9.17) is 0 Å². The molecule has 5 heteroatoms. The Labute approximate surface area is 149 Å². The molecule has 0 fully saturated rings. The van der Waals surface area contributed by atoms with Crippen LogP contribution in [0.15, 0.2) is 72.3 Å². The van der Waals surface area contributed by atoms with Crippen molar-refractivity contribution in [3.8, 4) is 6.07 Å². The van der Waals surface area contributed by atoms with Gasteiger partial charge in [-0.15, -0.1) is 0 Å². The maximum absolute atomic E-state index is 12.4. The minimum Gasteiger partial charge on any atom is -0.545 e. The van der Waals surface area contributed by atoms with Gasteiger partial charge in [0.1, 0.15) is 11.6 Å². The summed E-state index contributed by atoms with van der Waals surface area (Å²) in [5.41, 5.74) is 1.11. The van der Waals surface area contributed by atoms with E-state index in [0.29, 0.717) is 5.69 Å². The van der Waals surface area contributed by atoms with Crippen LogP contribution in [0.3, 0.4) is 0 Å². The number of carbonyl (C=O) groups is 2. The van der Waals surface area contributed by atoms with Crippen molar-refractivity contribution in [1.29, 1.82) is 5.26 Å². The largest absolute Gasteiger partial charge is 0.545 e. The summed E-state index contributed by atoms with van der Waals surface area (Å²) in [5, 5.41) is 24.6. The smallest absolute Gasteiger partial charge is 0.266 e. The quantitative estimate of drug-likeness (QED) is 0.583. The molecule has 26 heavy (non-hydrogen) atoms.